The van der Waals surface area contributed by atoms with Crippen molar-refractivity contribution in [1.29, 1.82) is 0 Å². The Morgan fingerprint density at radius 3 is 0.500 bits per heavy atom. The first-order chi connectivity index (χ1) is 67.6. The van der Waals surface area contributed by atoms with Crippen LogP contribution in [0.1, 0.15) is 154 Å². The number of aliphatic hydroxyl groups is 15. The molecule has 10 aromatic heterocycles. The Hall–Kier alpha value is -13.4. The molecule has 10 atom stereocenters. The van der Waals surface area contributed by atoms with Crippen LogP contribution >= 0.6 is 0 Å². The monoisotopic (exact) mass is 1930 g/mol. The summed E-state index contributed by atoms with van der Waals surface area (Å²) in [5, 5.41) is 197. The maximum Gasteiger partial charge on any atom is 0.163 e. The van der Waals surface area contributed by atoms with Crippen LogP contribution in [0, 0.1) is 0 Å². The standard InChI is InChI=1S/5C20H27N5O3/c5*1-13(2)15-10-22-25-19(21-9-14-6-4-3-5-7-14)8-18(24-20(15)25)23-16(11-26)17(28)12-27/h5*3-8,10,13,16-17,21,26-28H,9,11-12H2,1-2H3,(H,23,24)/t2*16-,17+;2*16-,17-;/m1010./s1. The van der Waals surface area contributed by atoms with E-state index >= 15 is 0 Å². The predicted molar refractivity (Wildman–Crippen MR) is 542 cm³/mol. The number of hydrogen-bond donors (Lipinski definition) is 25. The zero-order valence-corrected chi connectivity index (χ0v) is 80.4. The molecular weight excluding hydrogens is 1790 g/mol. The summed E-state index contributed by atoms with van der Waals surface area (Å²) in [6, 6.07) is 55.3. The molecule has 15 rings (SSSR count). The minimum Gasteiger partial charge on any atom is -0.394 e. The molecule has 0 aliphatic heterocycles. The fraction of sp³-hybridized carbons (Fsp3) is 0.400. The molecule has 25 N–H and O–H groups in total. The van der Waals surface area contributed by atoms with Crippen molar-refractivity contribution in [2.24, 2.45) is 0 Å². The summed E-state index contributed by atoms with van der Waals surface area (Å²) in [6.07, 6.45) is 3.52. The number of fused-ring (bicyclic) bond motifs is 5. The highest BCUT2D eigenvalue weighted by Crippen LogP contribution is 2.32. The molecule has 140 heavy (non-hydrogen) atoms. The molecule has 40 heteroatoms. The lowest BCUT2D eigenvalue weighted by Gasteiger charge is -2.22. The van der Waals surface area contributed by atoms with Crippen molar-refractivity contribution in [1.82, 2.24) is 73.0 Å². The predicted octanol–water partition coefficient (Wildman–Crippen LogP) is 7.95. The van der Waals surface area contributed by atoms with Gasteiger partial charge in [-0.05, 0) is 57.4 Å². The molecule has 2 unspecified atom stereocenters. The number of benzene rings is 5. The molecule has 40 nitrogen and oxygen atoms in total. The van der Waals surface area contributed by atoms with Crippen LogP contribution in [-0.4, -0.2) is 276 Å². The van der Waals surface area contributed by atoms with Gasteiger partial charge in [0.25, 0.3) is 0 Å². The van der Waals surface area contributed by atoms with E-state index in [4.69, 9.17) is 0 Å². The summed E-state index contributed by atoms with van der Waals surface area (Å²) in [7, 11) is 0. The van der Waals surface area contributed by atoms with Gasteiger partial charge < -0.3 is 130 Å². The molecule has 0 bridgehead atoms. The third-order valence-corrected chi connectivity index (χ3v) is 23.1. The molecule has 0 aliphatic carbocycles. The van der Waals surface area contributed by atoms with Gasteiger partial charge in [0.05, 0.1) is 158 Å². The lowest BCUT2D eigenvalue weighted by Crippen LogP contribution is -2.39. The van der Waals surface area contributed by atoms with Crippen molar-refractivity contribution < 1.29 is 76.6 Å². The largest absolute Gasteiger partial charge is 0.394 e. The second-order valence-electron chi connectivity index (χ2n) is 35.2. The van der Waals surface area contributed by atoms with E-state index in [-0.39, 0.29) is 62.6 Å². The Bertz CT molecular complexity index is 5360. The van der Waals surface area contributed by atoms with Crippen LogP contribution in [0.25, 0.3) is 28.2 Å². The molecule has 10 heterocycles. The number of aliphatic hydroxyl groups excluding tert-OH is 15. The molecule has 0 aliphatic rings. The van der Waals surface area contributed by atoms with Crippen LogP contribution in [0.5, 0.6) is 0 Å². The van der Waals surface area contributed by atoms with Crippen molar-refractivity contribution in [2.45, 2.75) is 192 Å². The van der Waals surface area contributed by atoms with Crippen LogP contribution in [0.15, 0.2) is 213 Å². The lowest BCUT2D eigenvalue weighted by atomic mass is 10.1. The molecule has 0 saturated heterocycles. The summed E-state index contributed by atoms with van der Waals surface area (Å²) in [5.41, 5.74) is 14.1. The summed E-state index contributed by atoms with van der Waals surface area (Å²) >= 11 is 0. The van der Waals surface area contributed by atoms with Crippen LogP contribution < -0.4 is 53.2 Å². The normalized spacial score (nSPS) is 13.6. The van der Waals surface area contributed by atoms with E-state index in [1.165, 1.54) is 0 Å². The number of hydrogen-bond acceptors (Lipinski definition) is 35. The third kappa shape index (κ3) is 28.9. The van der Waals surface area contributed by atoms with E-state index in [1.54, 1.807) is 83.9 Å². The van der Waals surface area contributed by atoms with Gasteiger partial charge in [0.1, 0.15) is 58.2 Å². The molecular formula is C100H135N25O15. The fourth-order valence-electron chi connectivity index (χ4n) is 14.8. The van der Waals surface area contributed by atoms with Gasteiger partial charge in [-0.1, -0.05) is 221 Å². The van der Waals surface area contributed by atoms with Gasteiger partial charge in [-0.15, -0.1) is 0 Å². The Morgan fingerprint density at radius 1 is 0.221 bits per heavy atom. The van der Waals surface area contributed by atoms with Crippen molar-refractivity contribution in [3.05, 3.63) is 269 Å². The maximum atomic E-state index is 9.88. The number of aromatic nitrogens is 15. The fourth-order valence-corrected chi connectivity index (χ4v) is 14.8. The quantitative estimate of drug-likeness (QED) is 0.0172. The van der Waals surface area contributed by atoms with Gasteiger partial charge in [0.15, 0.2) is 28.2 Å². The van der Waals surface area contributed by atoms with E-state index in [2.05, 4.69) is 173 Å². The summed E-state index contributed by atoms with van der Waals surface area (Å²) < 4.78 is 8.75. The molecule has 0 spiro atoms. The van der Waals surface area contributed by atoms with Crippen molar-refractivity contribution in [3.8, 4) is 0 Å². The average Bonchev–Trinajstić information content (AvgIpc) is 1.65. The highest BCUT2D eigenvalue weighted by Gasteiger charge is 2.28. The number of anilines is 10. The summed E-state index contributed by atoms with van der Waals surface area (Å²) in [6.45, 7) is 19.8. The summed E-state index contributed by atoms with van der Waals surface area (Å²) in [4.78, 5) is 23.1. The zero-order chi connectivity index (χ0) is 100. The van der Waals surface area contributed by atoms with Crippen LogP contribution in [0.4, 0.5) is 58.2 Å². The second-order valence-corrected chi connectivity index (χ2v) is 35.2. The first kappa shape index (κ1) is 107. The zero-order valence-electron chi connectivity index (χ0n) is 80.4. The van der Waals surface area contributed by atoms with Crippen molar-refractivity contribution in [3.63, 3.8) is 0 Å². The minimum absolute atomic E-state index is 0.235. The van der Waals surface area contributed by atoms with Crippen molar-refractivity contribution >= 4 is 86.4 Å². The average molecular weight is 1930 g/mol. The molecule has 0 radical (unpaired) electrons. The van der Waals surface area contributed by atoms with E-state index in [9.17, 15) is 76.6 Å². The molecule has 0 saturated carbocycles. The molecule has 750 valence electrons. The summed E-state index contributed by atoms with van der Waals surface area (Å²) in [5.74, 6) is 7.27. The Labute approximate surface area is 812 Å². The third-order valence-electron chi connectivity index (χ3n) is 23.1. The molecule has 0 fully saturated rings. The van der Waals surface area contributed by atoms with Gasteiger partial charge in [0.2, 0.25) is 0 Å². The number of rotatable bonds is 45. The SMILES string of the molecule is CC(C)c1cnn2c(NCc3ccccc3)cc(NC(CO)C(O)CO)nc12.CC(C)c1cnn2c(NCc3ccccc3)cc(N[C@@H](CO)[C@@H](O)CO)nc12.CC(C)c1cnn2c(NCc3ccccc3)cc(N[C@@H](CO)[C@H](O)CO)nc12.CC(C)c1cnn2c(NCc3ccccc3)cc(N[C@H](CO)[C@@H](O)CO)nc12.CC(C)c1cnn2c(NCc3ccccc3)cc(N[C@H](CO)[C@H](O)CO)nc12. The Balaban J connectivity index is 0.000000167. The van der Waals surface area contributed by atoms with Crippen molar-refractivity contribution in [2.75, 3.05) is 119 Å². The topological polar surface area (TPSA) is 575 Å². The smallest absolute Gasteiger partial charge is 0.163 e. The van der Waals surface area contributed by atoms with Gasteiger partial charge in [-0.25, -0.2) is 24.9 Å². The molecule has 0 amide bonds. The van der Waals surface area contributed by atoms with Crippen LogP contribution in [0.3, 0.4) is 0 Å². The van der Waals surface area contributed by atoms with Gasteiger partial charge >= 0.3 is 0 Å². The second kappa shape index (κ2) is 53.1. The van der Waals surface area contributed by atoms with Gasteiger partial charge in [-0.2, -0.15) is 48.1 Å². The van der Waals surface area contributed by atoms with Gasteiger partial charge in [0, 0.05) is 90.9 Å². The molecule has 5 aromatic carbocycles. The van der Waals surface area contributed by atoms with Crippen LogP contribution in [-0.2, 0) is 32.7 Å². The highest BCUT2D eigenvalue weighted by molar-refractivity contribution is 5.67. The minimum atomic E-state index is -1.10. The van der Waals surface area contributed by atoms with E-state index in [0.717, 1.165) is 84.7 Å². The number of nitrogens with zero attached hydrogens (tertiary/aromatic N) is 15. The number of nitrogens with one attached hydrogen (secondary N) is 10. The van der Waals surface area contributed by atoms with E-state index in [1.807, 2.05) is 152 Å². The van der Waals surface area contributed by atoms with Crippen LogP contribution in [0.2, 0.25) is 0 Å². The van der Waals surface area contributed by atoms with E-state index < -0.39 is 93.8 Å². The maximum absolute atomic E-state index is 9.88. The van der Waals surface area contributed by atoms with E-state index in [0.29, 0.717) is 90.0 Å². The molecule has 15 aromatic rings. The lowest BCUT2D eigenvalue weighted by molar-refractivity contribution is 0.0611. The first-order valence-corrected chi connectivity index (χ1v) is 46.8. The Kier molecular flexibility index (Phi) is 40.6. The van der Waals surface area contributed by atoms with Gasteiger partial charge in [-0.3, -0.25) is 0 Å². The first-order valence-electron chi connectivity index (χ1n) is 46.8. The highest BCUT2D eigenvalue weighted by atomic mass is 16.3. The Morgan fingerprint density at radius 2 is 0.371 bits per heavy atom.